The van der Waals surface area contributed by atoms with Crippen LogP contribution in [-0.4, -0.2) is 24.0 Å². The van der Waals surface area contributed by atoms with Gasteiger partial charge in [-0.25, -0.2) is 0 Å². The van der Waals surface area contributed by atoms with Gasteiger partial charge in [-0.3, -0.25) is 0 Å². The van der Waals surface area contributed by atoms with E-state index >= 15 is 0 Å². The van der Waals surface area contributed by atoms with E-state index in [1.54, 1.807) is 0 Å². The van der Waals surface area contributed by atoms with Crippen LogP contribution in [0, 0.1) is 0 Å². The van der Waals surface area contributed by atoms with Crippen molar-refractivity contribution in [3.05, 3.63) is 0 Å². The van der Waals surface area contributed by atoms with Crippen molar-refractivity contribution < 1.29 is 0 Å². The molecule has 0 aromatic carbocycles. The van der Waals surface area contributed by atoms with Gasteiger partial charge in [0.1, 0.15) is 0 Å². The molecule has 0 bridgehead atoms. The van der Waals surface area contributed by atoms with Crippen LogP contribution in [0.4, 0.5) is 0 Å². The molecule has 0 radical (unpaired) electrons. The maximum Gasteiger partial charge on any atom is 0.00898 e. The van der Waals surface area contributed by atoms with Crippen LogP contribution in [0.15, 0.2) is 0 Å². The normalized spacial score (nSPS) is 11.5. The molecule has 0 aliphatic heterocycles. The minimum absolute atomic E-state index is 0.821. The van der Waals surface area contributed by atoms with E-state index in [0.717, 1.165) is 6.04 Å². The Balaban J connectivity index is 3.75. The fourth-order valence-corrected chi connectivity index (χ4v) is 1.77. The lowest BCUT2D eigenvalue weighted by atomic mass is 10.1. The van der Waals surface area contributed by atoms with Gasteiger partial charge in [0.15, 0.2) is 0 Å². The Morgan fingerprint density at radius 3 is 1.92 bits per heavy atom. The Morgan fingerprint density at radius 1 is 1.00 bits per heavy atom. The zero-order valence-corrected chi connectivity index (χ0v) is 9.27. The summed E-state index contributed by atoms with van der Waals surface area (Å²) in [5, 5.41) is 0. The van der Waals surface area contributed by atoms with E-state index in [2.05, 4.69) is 32.6 Å². The molecule has 0 aromatic rings. The number of unbranched alkanes of at least 4 members (excludes halogenated alkanes) is 1. The predicted octanol–water partition coefficient (Wildman–Crippen LogP) is 3.30. The summed E-state index contributed by atoms with van der Waals surface area (Å²) < 4.78 is 0. The third-order valence-electron chi connectivity index (χ3n) is 2.66. The van der Waals surface area contributed by atoms with Crippen LogP contribution in [0.2, 0.25) is 0 Å². The molecule has 12 heavy (non-hydrogen) atoms. The molecule has 0 saturated carbocycles. The van der Waals surface area contributed by atoms with Crippen LogP contribution in [0.3, 0.4) is 0 Å². The molecule has 0 aromatic heterocycles. The Kier molecular flexibility index (Phi) is 7.58. The lowest BCUT2D eigenvalue weighted by Gasteiger charge is -2.28. The Labute approximate surface area is 78.1 Å². The van der Waals surface area contributed by atoms with Crippen molar-refractivity contribution >= 4 is 0 Å². The molecule has 0 unspecified atom stereocenters. The third kappa shape index (κ3) is 4.10. The van der Waals surface area contributed by atoms with E-state index in [1.807, 2.05) is 0 Å². The topological polar surface area (TPSA) is 3.24 Å². The first-order chi connectivity index (χ1) is 5.79. The van der Waals surface area contributed by atoms with E-state index in [9.17, 15) is 0 Å². The van der Waals surface area contributed by atoms with Gasteiger partial charge in [0.2, 0.25) is 0 Å². The van der Waals surface area contributed by atoms with Crippen molar-refractivity contribution in [1.82, 2.24) is 4.90 Å². The van der Waals surface area contributed by atoms with Crippen LogP contribution >= 0.6 is 0 Å². The molecule has 74 valence electrons. The second kappa shape index (κ2) is 7.60. The quantitative estimate of drug-likeness (QED) is 0.568. The number of nitrogens with zero attached hydrogens (tertiary/aromatic N) is 1. The second-order valence-electron chi connectivity index (χ2n) is 3.45. The molecule has 0 rings (SSSR count). The fourth-order valence-electron chi connectivity index (χ4n) is 1.77. The maximum atomic E-state index is 2.61. The summed E-state index contributed by atoms with van der Waals surface area (Å²) in [6.45, 7) is 11.6. The van der Waals surface area contributed by atoms with Gasteiger partial charge in [-0.1, -0.05) is 34.1 Å². The van der Waals surface area contributed by atoms with Gasteiger partial charge in [-0.2, -0.15) is 0 Å². The summed E-state index contributed by atoms with van der Waals surface area (Å²) in [7, 11) is 0. The first-order valence-corrected chi connectivity index (χ1v) is 5.54. The lowest BCUT2D eigenvalue weighted by molar-refractivity contribution is 0.193. The van der Waals surface area contributed by atoms with Crippen LogP contribution in [-0.2, 0) is 0 Å². The van der Waals surface area contributed by atoms with Crippen LogP contribution in [0.5, 0.6) is 0 Å². The van der Waals surface area contributed by atoms with Gasteiger partial charge in [0.05, 0.1) is 0 Å². The monoisotopic (exact) mass is 171 g/mol. The third-order valence-corrected chi connectivity index (χ3v) is 2.66. The minimum atomic E-state index is 0.821. The van der Waals surface area contributed by atoms with E-state index < -0.39 is 0 Å². The molecule has 0 fully saturated rings. The second-order valence-corrected chi connectivity index (χ2v) is 3.45. The SMILES string of the molecule is CCCCN(CC)C(CC)CC. The lowest BCUT2D eigenvalue weighted by Crippen LogP contribution is -2.34. The maximum absolute atomic E-state index is 2.61. The minimum Gasteiger partial charge on any atom is -0.301 e. The summed E-state index contributed by atoms with van der Waals surface area (Å²) in [4.78, 5) is 2.61. The smallest absolute Gasteiger partial charge is 0.00898 e. The summed E-state index contributed by atoms with van der Waals surface area (Å²) in [6.07, 6.45) is 5.27. The van der Waals surface area contributed by atoms with E-state index in [0.29, 0.717) is 0 Å². The Morgan fingerprint density at radius 2 is 1.58 bits per heavy atom. The zero-order chi connectivity index (χ0) is 9.40. The zero-order valence-electron chi connectivity index (χ0n) is 9.27. The highest BCUT2D eigenvalue weighted by molar-refractivity contribution is 4.67. The Bertz CT molecular complexity index is 87.0. The van der Waals surface area contributed by atoms with E-state index in [4.69, 9.17) is 0 Å². The summed E-state index contributed by atoms with van der Waals surface area (Å²) in [6, 6.07) is 0.821. The van der Waals surface area contributed by atoms with Crippen molar-refractivity contribution in [3.63, 3.8) is 0 Å². The van der Waals surface area contributed by atoms with Crippen LogP contribution in [0.25, 0.3) is 0 Å². The van der Waals surface area contributed by atoms with Gasteiger partial charge >= 0.3 is 0 Å². The van der Waals surface area contributed by atoms with Crippen molar-refractivity contribution in [2.75, 3.05) is 13.1 Å². The van der Waals surface area contributed by atoms with Gasteiger partial charge in [-0.15, -0.1) is 0 Å². The van der Waals surface area contributed by atoms with E-state index in [-0.39, 0.29) is 0 Å². The van der Waals surface area contributed by atoms with Crippen molar-refractivity contribution in [3.8, 4) is 0 Å². The van der Waals surface area contributed by atoms with Crippen LogP contribution in [0.1, 0.15) is 53.4 Å². The van der Waals surface area contributed by atoms with Gasteiger partial charge < -0.3 is 4.90 Å². The van der Waals surface area contributed by atoms with Gasteiger partial charge in [0.25, 0.3) is 0 Å². The fraction of sp³-hybridized carbons (Fsp3) is 1.00. The van der Waals surface area contributed by atoms with Crippen molar-refractivity contribution in [2.45, 2.75) is 59.4 Å². The molecule has 1 nitrogen and oxygen atoms in total. The van der Waals surface area contributed by atoms with Gasteiger partial charge in [0, 0.05) is 6.04 Å². The highest BCUT2D eigenvalue weighted by Crippen LogP contribution is 2.08. The molecule has 0 atom stereocenters. The average molecular weight is 171 g/mol. The first-order valence-electron chi connectivity index (χ1n) is 5.54. The number of rotatable bonds is 7. The first kappa shape index (κ1) is 12.0. The molecular formula is C11H25N. The highest BCUT2D eigenvalue weighted by Gasteiger charge is 2.11. The highest BCUT2D eigenvalue weighted by atomic mass is 15.1. The molecule has 0 saturated heterocycles. The molecule has 0 spiro atoms. The van der Waals surface area contributed by atoms with Crippen LogP contribution < -0.4 is 0 Å². The molecule has 0 aliphatic carbocycles. The van der Waals surface area contributed by atoms with Crippen molar-refractivity contribution in [1.29, 1.82) is 0 Å². The number of hydrogen-bond acceptors (Lipinski definition) is 1. The van der Waals surface area contributed by atoms with E-state index in [1.165, 1.54) is 38.8 Å². The molecule has 0 aliphatic rings. The standard InChI is InChI=1S/C11H25N/c1-5-9-10-12(8-4)11(6-2)7-3/h11H,5-10H2,1-4H3. The molecule has 0 heterocycles. The predicted molar refractivity (Wildman–Crippen MR) is 56.5 cm³/mol. The molecule has 1 heteroatoms. The largest absolute Gasteiger partial charge is 0.301 e. The summed E-state index contributed by atoms with van der Waals surface area (Å²) in [5.41, 5.74) is 0. The molecular weight excluding hydrogens is 146 g/mol. The summed E-state index contributed by atoms with van der Waals surface area (Å²) >= 11 is 0. The number of hydrogen-bond donors (Lipinski definition) is 0. The summed E-state index contributed by atoms with van der Waals surface area (Å²) in [5.74, 6) is 0. The van der Waals surface area contributed by atoms with Crippen molar-refractivity contribution in [2.24, 2.45) is 0 Å². The molecule has 0 amide bonds. The Hall–Kier alpha value is -0.0400. The van der Waals surface area contributed by atoms with Gasteiger partial charge in [-0.05, 0) is 32.4 Å². The average Bonchev–Trinajstić information content (AvgIpc) is 2.12. The molecule has 0 N–H and O–H groups in total.